The highest BCUT2D eigenvalue weighted by molar-refractivity contribution is 6.00. The number of nitrogens with zero attached hydrogens (tertiary/aromatic N) is 3. The van der Waals surface area contributed by atoms with Gasteiger partial charge in [-0.3, -0.25) is 14.6 Å². The second-order valence-electron chi connectivity index (χ2n) is 5.56. The zero-order valence-electron chi connectivity index (χ0n) is 13.5. The van der Waals surface area contributed by atoms with Gasteiger partial charge in [0.25, 0.3) is 0 Å². The first-order valence-corrected chi connectivity index (χ1v) is 7.74. The summed E-state index contributed by atoms with van der Waals surface area (Å²) in [5.74, 6) is -2.32. The number of carboxylic acids is 1. The Morgan fingerprint density at radius 2 is 1.92 bits per heavy atom. The van der Waals surface area contributed by atoms with Crippen molar-refractivity contribution in [2.75, 3.05) is 0 Å². The predicted molar refractivity (Wildman–Crippen MR) is 92.6 cm³/mol. The van der Waals surface area contributed by atoms with Crippen LogP contribution in [0.4, 0.5) is 0 Å². The quantitative estimate of drug-likeness (QED) is 0.680. The van der Waals surface area contributed by atoms with Gasteiger partial charge in [-0.05, 0) is 12.1 Å². The summed E-state index contributed by atoms with van der Waals surface area (Å²) >= 11 is 0. The van der Waals surface area contributed by atoms with Crippen LogP contribution in [0.1, 0.15) is 28.9 Å². The number of carbonyl (C=O) groups is 2. The molecule has 0 aliphatic rings. The summed E-state index contributed by atoms with van der Waals surface area (Å²) < 4.78 is 0. The number of carbonyl (C=O) groups excluding carboxylic acids is 1. The molecule has 2 aromatic heterocycles. The summed E-state index contributed by atoms with van der Waals surface area (Å²) in [5, 5.41) is 29.0. The molecule has 0 spiro atoms. The highest BCUT2D eigenvalue weighted by Gasteiger charge is 2.20. The molecule has 0 atom stereocenters. The van der Waals surface area contributed by atoms with Gasteiger partial charge in [0.1, 0.15) is 11.8 Å². The van der Waals surface area contributed by atoms with Crippen molar-refractivity contribution < 1.29 is 19.8 Å². The maximum atomic E-state index is 12.3. The van der Waals surface area contributed by atoms with Crippen molar-refractivity contribution in [3.63, 3.8) is 0 Å². The third-order valence-electron chi connectivity index (χ3n) is 3.85. The van der Waals surface area contributed by atoms with Crippen molar-refractivity contribution in [3.05, 3.63) is 53.9 Å². The minimum absolute atomic E-state index is 0.110. The summed E-state index contributed by atoms with van der Waals surface area (Å²) in [6.07, 6.45) is 0.913. The first-order valence-electron chi connectivity index (χ1n) is 7.74. The van der Waals surface area contributed by atoms with Gasteiger partial charge < -0.3 is 10.2 Å². The summed E-state index contributed by atoms with van der Waals surface area (Å²) in [6.45, 7) is 0. The average Bonchev–Trinajstić information content (AvgIpc) is 2.66. The molecule has 0 fully saturated rings. The molecule has 3 rings (SSSR count). The van der Waals surface area contributed by atoms with Crippen LogP contribution in [0.3, 0.4) is 0 Å². The molecule has 0 saturated heterocycles. The molecule has 3 aromatic rings. The van der Waals surface area contributed by atoms with Crippen molar-refractivity contribution in [1.29, 1.82) is 5.26 Å². The molecule has 1 aromatic carbocycles. The van der Waals surface area contributed by atoms with Crippen LogP contribution in [0.2, 0.25) is 0 Å². The molecule has 0 unspecified atom stereocenters. The molecular weight excluding hydrogens is 334 g/mol. The summed E-state index contributed by atoms with van der Waals surface area (Å²) in [4.78, 5) is 31.5. The minimum atomic E-state index is -1.13. The second kappa shape index (κ2) is 6.99. The number of carboxylic acid groups (broad SMARTS) is 1. The number of hydrogen-bond acceptors (Lipinski definition) is 6. The lowest BCUT2D eigenvalue weighted by Crippen LogP contribution is -2.08. The van der Waals surface area contributed by atoms with Crippen molar-refractivity contribution in [2.45, 2.75) is 12.8 Å². The first kappa shape index (κ1) is 17.0. The van der Waals surface area contributed by atoms with E-state index >= 15 is 0 Å². The monoisotopic (exact) mass is 347 g/mol. The number of ketones is 1. The molecule has 0 bridgehead atoms. The summed E-state index contributed by atoms with van der Waals surface area (Å²) in [7, 11) is 0. The lowest BCUT2D eigenvalue weighted by Gasteiger charge is -2.10. The Kier molecular flexibility index (Phi) is 4.58. The fraction of sp³-hybridized carbons (Fsp3) is 0.105. The van der Waals surface area contributed by atoms with E-state index in [4.69, 9.17) is 5.11 Å². The van der Waals surface area contributed by atoms with Crippen molar-refractivity contribution >= 4 is 22.7 Å². The van der Waals surface area contributed by atoms with Crippen molar-refractivity contribution in [2.24, 2.45) is 0 Å². The van der Waals surface area contributed by atoms with Gasteiger partial charge in [0, 0.05) is 23.6 Å². The van der Waals surface area contributed by atoms with E-state index in [1.54, 1.807) is 24.4 Å². The number of aliphatic carboxylic acids is 1. The van der Waals surface area contributed by atoms with Gasteiger partial charge >= 0.3 is 5.97 Å². The van der Waals surface area contributed by atoms with Crippen LogP contribution in [0, 0.1) is 11.3 Å². The Morgan fingerprint density at radius 3 is 2.65 bits per heavy atom. The zero-order valence-corrected chi connectivity index (χ0v) is 13.5. The van der Waals surface area contributed by atoms with Gasteiger partial charge in [0.05, 0.1) is 23.2 Å². The number of aromatic nitrogens is 2. The molecule has 26 heavy (non-hydrogen) atoms. The number of rotatable bonds is 5. The molecule has 128 valence electrons. The van der Waals surface area contributed by atoms with Crippen molar-refractivity contribution in [1.82, 2.24) is 9.97 Å². The number of para-hydroxylation sites is 1. The predicted octanol–water partition coefficient (Wildman–Crippen LogP) is 2.92. The fourth-order valence-electron chi connectivity index (χ4n) is 2.61. The Labute approximate surface area is 148 Å². The largest absolute Gasteiger partial charge is 0.504 e. The van der Waals surface area contributed by atoms with E-state index in [2.05, 4.69) is 9.97 Å². The molecule has 2 N–H and O–H groups in total. The summed E-state index contributed by atoms with van der Waals surface area (Å²) in [6, 6.07) is 12.3. The van der Waals surface area contributed by atoms with Crippen LogP contribution in [0.15, 0.2) is 42.6 Å². The number of nitriles is 1. The number of benzene rings is 1. The smallest absolute Gasteiger partial charge is 0.303 e. The number of pyridine rings is 2. The molecule has 0 radical (unpaired) electrons. The van der Waals surface area contributed by atoms with Gasteiger partial charge in [-0.2, -0.15) is 5.26 Å². The van der Waals surface area contributed by atoms with E-state index in [0.717, 1.165) is 5.39 Å². The Bertz CT molecular complexity index is 1060. The first-order chi connectivity index (χ1) is 12.5. The molecular formula is C19H13N3O4. The van der Waals surface area contributed by atoms with Gasteiger partial charge in [-0.25, -0.2) is 4.98 Å². The number of hydrogen-bond donors (Lipinski definition) is 2. The third-order valence-corrected chi connectivity index (χ3v) is 3.85. The van der Waals surface area contributed by atoms with E-state index in [1.807, 2.05) is 18.2 Å². The third kappa shape index (κ3) is 3.21. The number of Topliss-reactive ketones (excluding diaryl/α,β-unsaturated/α-hetero) is 1. The highest BCUT2D eigenvalue weighted by Crippen LogP contribution is 2.31. The Balaban J connectivity index is 2.16. The van der Waals surface area contributed by atoms with Crippen LogP contribution >= 0.6 is 0 Å². The molecule has 7 nitrogen and oxygen atoms in total. The van der Waals surface area contributed by atoms with Crippen LogP contribution < -0.4 is 0 Å². The van der Waals surface area contributed by atoms with E-state index in [9.17, 15) is 20.0 Å². The van der Waals surface area contributed by atoms with Gasteiger partial charge in [-0.1, -0.05) is 24.3 Å². The van der Waals surface area contributed by atoms with E-state index < -0.39 is 17.5 Å². The summed E-state index contributed by atoms with van der Waals surface area (Å²) in [5.41, 5.74) is 1.13. The van der Waals surface area contributed by atoms with Gasteiger partial charge in [0.2, 0.25) is 0 Å². The van der Waals surface area contributed by atoms with Crippen LogP contribution in [0.5, 0.6) is 5.75 Å². The highest BCUT2D eigenvalue weighted by atomic mass is 16.4. The number of aromatic hydroxyl groups is 1. The van der Waals surface area contributed by atoms with E-state index in [1.165, 1.54) is 6.07 Å². The standard InChI is InChI=1S/C19H13N3O4/c20-10-12-9-14(13-5-1-3-11-4-2-8-21-17(11)13)22-18(19(12)26)15(23)6-7-16(24)25/h1-5,8-9,26H,6-7H2,(H,24,25). The molecule has 0 saturated carbocycles. The van der Waals surface area contributed by atoms with E-state index in [-0.39, 0.29) is 24.1 Å². The maximum Gasteiger partial charge on any atom is 0.303 e. The van der Waals surface area contributed by atoms with Crippen molar-refractivity contribution in [3.8, 4) is 23.1 Å². The number of fused-ring (bicyclic) bond motifs is 1. The second-order valence-corrected chi connectivity index (χ2v) is 5.56. The lowest BCUT2D eigenvalue weighted by atomic mass is 10.0. The Hall–Kier alpha value is -3.79. The van der Waals surface area contributed by atoms with E-state index in [0.29, 0.717) is 16.8 Å². The topological polar surface area (TPSA) is 124 Å². The fourth-order valence-corrected chi connectivity index (χ4v) is 2.61. The van der Waals surface area contributed by atoms with Crippen LogP contribution in [-0.4, -0.2) is 31.9 Å². The van der Waals surface area contributed by atoms with Gasteiger partial charge in [-0.15, -0.1) is 0 Å². The SMILES string of the molecule is N#Cc1cc(-c2cccc3cccnc23)nc(C(=O)CCC(=O)O)c1O. The maximum absolute atomic E-state index is 12.3. The lowest BCUT2D eigenvalue weighted by molar-refractivity contribution is -0.136. The molecule has 2 heterocycles. The molecule has 0 amide bonds. The van der Waals surface area contributed by atoms with Gasteiger partial charge in [0.15, 0.2) is 11.5 Å². The minimum Gasteiger partial charge on any atom is -0.504 e. The zero-order chi connectivity index (χ0) is 18.7. The normalized spacial score (nSPS) is 10.4. The van der Waals surface area contributed by atoms with Crippen LogP contribution in [-0.2, 0) is 4.79 Å². The Morgan fingerprint density at radius 1 is 1.15 bits per heavy atom. The molecule has 0 aliphatic heterocycles. The average molecular weight is 347 g/mol. The van der Waals surface area contributed by atoms with Crippen LogP contribution in [0.25, 0.3) is 22.2 Å². The molecule has 0 aliphatic carbocycles. The molecule has 7 heteroatoms.